The van der Waals surface area contributed by atoms with Crippen LogP contribution in [0, 0.1) is 0 Å². The van der Waals surface area contributed by atoms with Gasteiger partial charge in [-0.2, -0.15) is 0 Å². The Kier molecular flexibility index (Phi) is 7.31. The molecule has 0 saturated carbocycles. The number of benzene rings is 1. The number of nitrogens with zero attached hydrogens (tertiary/aromatic N) is 2. The molecule has 1 aromatic carbocycles. The molecule has 0 aliphatic carbocycles. The second-order valence-corrected chi connectivity index (χ2v) is 8.10. The first-order valence-electron chi connectivity index (χ1n) is 9.80. The van der Waals surface area contributed by atoms with Gasteiger partial charge in [0.1, 0.15) is 11.4 Å². The van der Waals surface area contributed by atoms with Crippen LogP contribution in [0.5, 0.6) is 0 Å². The number of aromatic nitrogens is 2. The van der Waals surface area contributed by atoms with Crippen molar-refractivity contribution in [3.05, 3.63) is 53.3 Å². The standard InChI is InChI=1S/C21H26N6O2S/c1-13(2)25-20(29)17-6-4-5-16(26-17)19(28)24-12-14-7-8-15-18(11-14)30-21(27-15)23-10-9-22-3/h4-8,11,13,22H,9-10,12H2,1-3H3,(H,23,27)(H,24,28)(H,25,29). The lowest BCUT2D eigenvalue weighted by atomic mass is 10.2. The molecule has 3 rings (SSSR count). The number of amides is 2. The van der Waals surface area contributed by atoms with Gasteiger partial charge in [0.2, 0.25) is 0 Å². The quantitative estimate of drug-likeness (QED) is 0.391. The lowest BCUT2D eigenvalue weighted by molar-refractivity contribution is 0.0936. The fourth-order valence-corrected chi connectivity index (χ4v) is 3.70. The van der Waals surface area contributed by atoms with E-state index in [4.69, 9.17) is 0 Å². The lowest BCUT2D eigenvalue weighted by Crippen LogP contribution is -2.31. The molecular formula is C21H26N6O2S. The van der Waals surface area contributed by atoms with E-state index in [-0.39, 0.29) is 29.2 Å². The molecule has 9 heteroatoms. The van der Waals surface area contributed by atoms with Gasteiger partial charge < -0.3 is 21.3 Å². The molecule has 0 fully saturated rings. The molecule has 2 heterocycles. The molecule has 158 valence electrons. The summed E-state index contributed by atoms with van der Waals surface area (Å²) in [7, 11) is 1.91. The van der Waals surface area contributed by atoms with Crippen LogP contribution in [-0.4, -0.2) is 48.0 Å². The van der Waals surface area contributed by atoms with Crippen LogP contribution in [0.3, 0.4) is 0 Å². The highest BCUT2D eigenvalue weighted by atomic mass is 32.1. The number of pyridine rings is 1. The SMILES string of the molecule is CNCCNc1nc2ccc(CNC(=O)c3cccc(C(=O)NC(C)C)n3)cc2s1. The van der Waals surface area contributed by atoms with Gasteiger partial charge >= 0.3 is 0 Å². The fourth-order valence-electron chi connectivity index (χ4n) is 2.75. The molecule has 2 amide bonds. The third-order valence-corrected chi connectivity index (χ3v) is 5.17. The van der Waals surface area contributed by atoms with Gasteiger partial charge in [0.25, 0.3) is 11.8 Å². The zero-order valence-electron chi connectivity index (χ0n) is 17.3. The van der Waals surface area contributed by atoms with Crippen molar-refractivity contribution in [2.75, 3.05) is 25.5 Å². The van der Waals surface area contributed by atoms with Crippen molar-refractivity contribution in [1.82, 2.24) is 25.9 Å². The number of likely N-dealkylation sites (N-methyl/N-ethyl adjacent to an activating group) is 1. The molecular weight excluding hydrogens is 400 g/mol. The van der Waals surface area contributed by atoms with Gasteiger partial charge in [-0.15, -0.1) is 0 Å². The van der Waals surface area contributed by atoms with E-state index in [1.807, 2.05) is 39.1 Å². The summed E-state index contributed by atoms with van der Waals surface area (Å²) in [5, 5.41) is 12.9. The highest BCUT2D eigenvalue weighted by molar-refractivity contribution is 7.22. The summed E-state index contributed by atoms with van der Waals surface area (Å²) >= 11 is 1.58. The molecule has 8 nitrogen and oxygen atoms in total. The minimum atomic E-state index is -0.326. The molecule has 0 bridgehead atoms. The number of carbonyl (C=O) groups excluding carboxylic acids is 2. The van der Waals surface area contributed by atoms with Gasteiger partial charge in [0.05, 0.1) is 10.2 Å². The maximum atomic E-state index is 12.5. The molecule has 4 N–H and O–H groups in total. The zero-order valence-corrected chi connectivity index (χ0v) is 18.1. The van der Waals surface area contributed by atoms with Crippen molar-refractivity contribution in [3.63, 3.8) is 0 Å². The molecule has 0 unspecified atom stereocenters. The van der Waals surface area contributed by atoms with E-state index in [0.717, 1.165) is 34.0 Å². The van der Waals surface area contributed by atoms with Crippen LogP contribution in [0.25, 0.3) is 10.2 Å². The van der Waals surface area contributed by atoms with Gasteiger partial charge in [0.15, 0.2) is 5.13 Å². The van der Waals surface area contributed by atoms with Crippen molar-refractivity contribution in [3.8, 4) is 0 Å². The van der Waals surface area contributed by atoms with Gasteiger partial charge in [-0.05, 0) is 50.7 Å². The van der Waals surface area contributed by atoms with Crippen molar-refractivity contribution < 1.29 is 9.59 Å². The van der Waals surface area contributed by atoms with Gasteiger partial charge in [-0.1, -0.05) is 23.5 Å². The van der Waals surface area contributed by atoms with Gasteiger partial charge in [-0.3, -0.25) is 9.59 Å². The van der Waals surface area contributed by atoms with E-state index in [1.165, 1.54) is 0 Å². The molecule has 0 aliphatic heterocycles. The summed E-state index contributed by atoms with van der Waals surface area (Å²) in [5.74, 6) is -0.623. The summed E-state index contributed by atoms with van der Waals surface area (Å²) in [4.78, 5) is 33.3. The Morgan fingerprint density at radius 2 is 1.80 bits per heavy atom. The van der Waals surface area contributed by atoms with Crippen LogP contribution in [0.15, 0.2) is 36.4 Å². The fraction of sp³-hybridized carbons (Fsp3) is 0.333. The van der Waals surface area contributed by atoms with E-state index < -0.39 is 0 Å². The number of thiazole rings is 1. The largest absolute Gasteiger partial charge is 0.360 e. The van der Waals surface area contributed by atoms with E-state index in [9.17, 15) is 9.59 Å². The van der Waals surface area contributed by atoms with E-state index in [0.29, 0.717) is 6.54 Å². The Balaban J connectivity index is 1.62. The first-order valence-corrected chi connectivity index (χ1v) is 10.6. The average molecular weight is 427 g/mol. The molecule has 0 radical (unpaired) electrons. The molecule has 3 aromatic rings. The second kappa shape index (κ2) is 10.1. The highest BCUT2D eigenvalue weighted by Gasteiger charge is 2.13. The molecule has 0 spiro atoms. The summed E-state index contributed by atoms with van der Waals surface area (Å²) in [6, 6.07) is 10.8. The van der Waals surface area contributed by atoms with Gasteiger partial charge in [0, 0.05) is 25.7 Å². The number of nitrogens with one attached hydrogen (secondary N) is 4. The summed E-state index contributed by atoms with van der Waals surface area (Å²) in [6.45, 7) is 5.77. The maximum Gasteiger partial charge on any atom is 0.270 e. The Hall–Kier alpha value is -3.04. The van der Waals surface area contributed by atoms with Crippen molar-refractivity contribution >= 4 is 38.5 Å². The minimum Gasteiger partial charge on any atom is -0.360 e. The first kappa shape index (κ1) is 21.7. The number of rotatable bonds is 9. The normalized spacial score (nSPS) is 10.9. The zero-order chi connectivity index (χ0) is 21.5. The number of carbonyl (C=O) groups is 2. The Labute approximate surface area is 179 Å². The molecule has 0 atom stereocenters. The molecule has 0 saturated heterocycles. The van der Waals surface area contributed by atoms with E-state index >= 15 is 0 Å². The van der Waals surface area contributed by atoms with E-state index in [2.05, 4.69) is 31.2 Å². The molecule has 2 aromatic heterocycles. The second-order valence-electron chi connectivity index (χ2n) is 7.07. The lowest BCUT2D eigenvalue weighted by Gasteiger charge is -2.09. The van der Waals surface area contributed by atoms with Crippen LogP contribution in [0.2, 0.25) is 0 Å². The topological polar surface area (TPSA) is 108 Å². The number of fused-ring (bicyclic) bond motifs is 1. The van der Waals surface area contributed by atoms with Crippen molar-refractivity contribution in [2.24, 2.45) is 0 Å². The molecule has 30 heavy (non-hydrogen) atoms. The van der Waals surface area contributed by atoms with E-state index in [1.54, 1.807) is 29.5 Å². The predicted octanol–water partition coefficient (Wildman–Crippen LogP) is 2.39. The van der Waals surface area contributed by atoms with Crippen LogP contribution in [-0.2, 0) is 6.54 Å². The summed E-state index contributed by atoms with van der Waals surface area (Å²) in [5.41, 5.74) is 2.32. The Bertz CT molecular complexity index is 1030. The van der Waals surface area contributed by atoms with Gasteiger partial charge in [-0.25, -0.2) is 9.97 Å². The van der Waals surface area contributed by atoms with Crippen LogP contribution < -0.4 is 21.3 Å². The predicted molar refractivity (Wildman–Crippen MR) is 120 cm³/mol. The minimum absolute atomic E-state index is 0.00234. The van der Waals surface area contributed by atoms with Crippen LogP contribution >= 0.6 is 11.3 Å². The Morgan fingerprint density at radius 1 is 1.03 bits per heavy atom. The molecule has 0 aliphatic rings. The summed E-state index contributed by atoms with van der Waals surface area (Å²) < 4.78 is 1.05. The average Bonchev–Trinajstić information content (AvgIpc) is 3.13. The van der Waals surface area contributed by atoms with Crippen LogP contribution in [0.4, 0.5) is 5.13 Å². The van der Waals surface area contributed by atoms with Crippen LogP contribution in [0.1, 0.15) is 40.4 Å². The number of hydrogen-bond donors (Lipinski definition) is 4. The smallest absolute Gasteiger partial charge is 0.270 e. The number of anilines is 1. The monoisotopic (exact) mass is 426 g/mol. The number of hydrogen-bond acceptors (Lipinski definition) is 7. The Morgan fingerprint density at radius 3 is 2.53 bits per heavy atom. The van der Waals surface area contributed by atoms with Crippen molar-refractivity contribution in [2.45, 2.75) is 26.4 Å². The first-order chi connectivity index (χ1) is 14.5. The van der Waals surface area contributed by atoms with Crippen molar-refractivity contribution in [1.29, 1.82) is 0 Å². The third-order valence-electron chi connectivity index (χ3n) is 4.19. The highest BCUT2D eigenvalue weighted by Crippen LogP contribution is 2.26. The summed E-state index contributed by atoms with van der Waals surface area (Å²) in [6.07, 6.45) is 0. The third kappa shape index (κ3) is 5.74. The maximum absolute atomic E-state index is 12.5.